The van der Waals surface area contributed by atoms with E-state index in [2.05, 4.69) is 43.0 Å². The molecule has 0 amide bonds. The van der Waals surface area contributed by atoms with Crippen molar-refractivity contribution in [1.82, 2.24) is 4.98 Å². The van der Waals surface area contributed by atoms with Crippen molar-refractivity contribution in [3.63, 3.8) is 0 Å². The van der Waals surface area contributed by atoms with Crippen LogP contribution < -0.4 is 0 Å². The monoisotopic (exact) mass is 241 g/mol. The molecule has 86 valence electrons. The number of nitrogens with zero attached hydrogens (tertiary/aromatic N) is 1. The maximum absolute atomic E-state index is 4.85. The van der Waals surface area contributed by atoms with Gasteiger partial charge in [-0.25, -0.2) is 0 Å². The number of rotatable bonds is 2. The van der Waals surface area contributed by atoms with E-state index in [-0.39, 0.29) is 0 Å². The Morgan fingerprint density at radius 2 is 1.94 bits per heavy atom. The van der Waals surface area contributed by atoms with E-state index in [1.54, 1.807) is 0 Å². The minimum absolute atomic E-state index is 0.754. The molecule has 0 unspecified atom stereocenters. The van der Waals surface area contributed by atoms with E-state index in [0.29, 0.717) is 0 Å². The highest BCUT2D eigenvalue weighted by atomic mass is 32.1. The van der Waals surface area contributed by atoms with E-state index in [1.165, 1.54) is 35.2 Å². The summed E-state index contributed by atoms with van der Waals surface area (Å²) in [6.45, 7) is 0. The van der Waals surface area contributed by atoms with Gasteiger partial charge in [0.2, 0.25) is 0 Å². The third-order valence-electron chi connectivity index (χ3n) is 3.35. The van der Waals surface area contributed by atoms with Crippen LogP contribution in [-0.2, 0) is 18.6 Å². The molecule has 0 saturated carbocycles. The number of fused-ring (bicyclic) bond motifs is 1. The molecule has 1 heterocycles. The van der Waals surface area contributed by atoms with Gasteiger partial charge in [0, 0.05) is 17.0 Å². The normalized spacial score (nSPS) is 13.7. The predicted molar refractivity (Wildman–Crippen MR) is 74.4 cm³/mol. The maximum atomic E-state index is 4.85. The van der Waals surface area contributed by atoms with Crippen molar-refractivity contribution in [3.05, 3.63) is 53.2 Å². The van der Waals surface area contributed by atoms with Gasteiger partial charge in [0.1, 0.15) is 0 Å². The van der Waals surface area contributed by atoms with Crippen molar-refractivity contribution in [1.29, 1.82) is 0 Å². The van der Waals surface area contributed by atoms with Gasteiger partial charge in [0.25, 0.3) is 0 Å². The number of hydrogen-bond acceptors (Lipinski definition) is 2. The topological polar surface area (TPSA) is 12.9 Å². The number of thiol groups is 1. The van der Waals surface area contributed by atoms with Crippen LogP contribution in [0.5, 0.6) is 0 Å². The minimum atomic E-state index is 0.754. The van der Waals surface area contributed by atoms with Gasteiger partial charge in [0.15, 0.2) is 0 Å². The summed E-state index contributed by atoms with van der Waals surface area (Å²) >= 11 is 4.43. The summed E-state index contributed by atoms with van der Waals surface area (Å²) in [5.74, 6) is 0.754. The summed E-state index contributed by atoms with van der Waals surface area (Å²) in [7, 11) is 0. The first-order valence-electron chi connectivity index (χ1n) is 6.06. The average Bonchev–Trinajstić information content (AvgIpc) is 2.85. The van der Waals surface area contributed by atoms with Crippen molar-refractivity contribution in [2.45, 2.75) is 25.0 Å². The second-order valence-corrected chi connectivity index (χ2v) is 4.80. The molecular formula is C15H15NS. The number of hydrogen-bond donors (Lipinski definition) is 1. The Kier molecular flexibility index (Phi) is 2.89. The van der Waals surface area contributed by atoms with E-state index in [0.717, 1.165) is 17.9 Å². The quantitative estimate of drug-likeness (QED) is 0.792. The predicted octanol–water partition coefficient (Wildman–Crippen LogP) is 3.67. The fourth-order valence-corrected chi connectivity index (χ4v) is 2.73. The Labute approximate surface area is 107 Å². The van der Waals surface area contributed by atoms with Crippen molar-refractivity contribution in [2.75, 3.05) is 0 Å². The zero-order valence-electron chi connectivity index (χ0n) is 9.69. The zero-order valence-corrected chi connectivity index (χ0v) is 10.6. The van der Waals surface area contributed by atoms with Crippen molar-refractivity contribution >= 4 is 12.6 Å². The summed E-state index contributed by atoms with van der Waals surface area (Å²) in [6, 6.07) is 12.7. The van der Waals surface area contributed by atoms with Crippen LogP contribution in [0, 0.1) is 0 Å². The van der Waals surface area contributed by atoms with Gasteiger partial charge in [-0.15, -0.1) is 0 Å². The molecule has 1 aromatic heterocycles. The van der Waals surface area contributed by atoms with Gasteiger partial charge in [-0.3, -0.25) is 4.98 Å². The lowest BCUT2D eigenvalue weighted by molar-refractivity contribution is 0.900. The molecule has 0 spiro atoms. The Morgan fingerprint density at radius 3 is 2.71 bits per heavy atom. The number of aromatic nitrogens is 1. The first kappa shape index (κ1) is 10.8. The van der Waals surface area contributed by atoms with Gasteiger partial charge in [-0.05, 0) is 30.4 Å². The standard InChI is InChI=1S/C15H15NS/c17-10-13-9-12-7-4-8-14(12)16-15(13)11-5-2-1-3-6-11/h1-3,5-6,9,17H,4,7-8,10H2. The van der Waals surface area contributed by atoms with Crippen LogP contribution in [0.25, 0.3) is 11.3 Å². The highest BCUT2D eigenvalue weighted by molar-refractivity contribution is 7.79. The lowest BCUT2D eigenvalue weighted by atomic mass is 10.0. The molecule has 0 bridgehead atoms. The highest BCUT2D eigenvalue weighted by Crippen LogP contribution is 2.29. The van der Waals surface area contributed by atoms with Gasteiger partial charge in [0.05, 0.1) is 5.69 Å². The van der Waals surface area contributed by atoms with Crippen LogP contribution in [0.15, 0.2) is 36.4 Å². The fraction of sp³-hybridized carbons (Fsp3) is 0.267. The summed E-state index contributed by atoms with van der Waals surface area (Å²) in [6.07, 6.45) is 3.55. The van der Waals surface area contributed by atoms with Crippen LogP contribution in [0.4, 0.5) is 0 Å². The van der Waals surface area contributed by atoms with Crippen molar-refractivity contribution < 1.29 is 0 Å². The third-order valence-corrected chi connectivity index (χ3v) is 3.69. The molecule has 0 N–H and O–H groups in total. The van der Waals surface area contributed by atoms with Crippen LogP contribution in [0.3, 0.4) is 0 Å². The number of benzene rings is 1. The summed E-state index contributed by atoms with van der Waals surface area (Å²) in [4.78, 5) is 4.85. The molecule has 1 aromatic carbocycles. The lowest BCUT2D eigenvalue weighted by Gasteiger charge is -2.10. The third kappa shape index (κ3) is 1.98. The molecule has 0 fully saturated rings. The molecule has 0 saturated heterocycles. The summed E-state index contributed by atoms with van der Waals surface area (Å²) in [5.41, 5.74) is 6.27. The van der Waals surface area contributed by atoms with Gasteiger partial charge >= 0.3 is 0 Å². The van der Waals surface area contributed by atoms with E-state index >= 15 is 0 Å². The first-order chi connectivity index (χ1) is 8.38. The Bertz CT molecular complexity index is 534. The summed E-state index contributed by atoms with van der Waals surface area (Å²) < 4.78 is 0. The fourth-order valence-electron chi connectivity index (χ4n) is 2.49. The molecule has 2 aromatic rings. The Morgan fingerprint density at radius 1 is 1.12 bits per heavy atom. The first-order valence-corrected chi connectivity index (χ1v) is 6.69. The minimum Gasteiger partial charge on any atom is -0.252 e. The molecular weight excluding hydrogens is 226 g/mol. The molecule has 0 atom stereocenters. The zero-order chi connectivity index (χ0) is 11.7. The molecule has 0 aliphatic heterocycles. The number of pyridine rings is 1. The van der Waals surface area contributed by atoms with E-state index < -0.39 is 0 Å². The highest BCUT2D eigenvalue weighted by Gasteiger charge is 2.16. The van der Waals surface area contributed by atoms with Crippen molar-refractivity contribution in [2.24, 2.45) is 0 Å². The van der Waals surface area contributed by atoms with E-state index in [1.807, 2.05) is 6.07 Å². The second-order valence-electron chi connectivity index (χ2n) is 4.48. The molecule has 2 heteroatoms. The van der Waals surface area contributed by atoms with Crippen molar-refractivity contribution in [3.8, 4) is 11.3 Å². The molecule has 1 nitrogen and oxygen atoms in total. The average molecular weight is 241 g/mol. The van der Waals surface area contributed by atoms with Crippen LogP contribution >= 0.6 is 12.6 Å². The van der Waals surface area contributed by atoms with E-state index in [4.69, 9.17) is 4.98 Å². The Balaban J connectivity index is 2.16. The molecule has 17 heavy (non-hydrogen) atoms. The molecule has 1 aliphatic rings. The lowest BCUT2D eigenvalue weighted by Crippen LogP contribution is -1.97. The molecule has 0 radical (unpaired) electrons. The second kappa shape index (κ2) is 4.53. The largest absolute Gasteiger partial charge is 0.252 e. The van der Waals surface area contributed by atoms with Gasteiger partial charge in [-0.1, -0.05) is 36.4 Å². The van der Waals surface area contributed by atoms with Crippen LogP contribution in [-0.4, -0.2) is 4.98 Å². The van der Waals surface area contributed by atoms with Crippen LogP contribution in [0.2, 0.25) is 0 Å². The smallest absolute Gasteiger partial charge is 0.0745 e. The SMILES string of the molecule is SCc1cc2c(nc1-c1ccccc1)CCC2. The molecule has 3 rings (SSSR count). The van der Waals surface area contributed by atoms with E-state index in [9.17, 15) is 0 Å². The van der Waals surface area contributed by atoms with Crippen LogP contribution in [0.1, 0.15) is 23.2 Å². The molecule has 1 aliphatic carbocycles. The van der Waals surface area contributed by atoms with Gasteiger partial charge in [-0.2, -0.15) is 12.6 Å². The number of aryl methyl sites for hydroxylation is 2. The summed E-state index contributed by atoms with van der Waals surface area (Å²) in [5, 5.41) is 0. The maximum Gasteiger partial charge on any atom is 0.0745 e. The van der Waals surface area contributed by atoms with Gasteiger partial charge < -0.3 is 0 Å². The Hall–Kier alpha value is -1.28.